The number of thiophene rings is 1. The average Bonchev–Trinajstić information content (AvgIpc) is 3.11. The van der Waals surface area contributed by atoms with Gasteiger partial charge in [-0.1, -0.05) is 6.92 Å². The van der Waals surface area contributed by atoms with Crippen LogP contribution in [0.15, 0.2) is 35.3 Å². The van der Waals surface area contributed by atoms with E-state index in [9.17, 15) is 0 Å². The number of aryl methyl sites for hydroxylation is 2. The summed E-state index contributed by atoms with van der Waals surface area (Å²) < 4.78 is 2.23. The van der Waals surface area contributed by atoms with Gasteiger partial charge in [-0.25, -0.2) is 4.98 Å². The first-order chi connectivity index (χ1) is 10.1. The molecule has 0 spiro atoms. The Bertz CT molecular complexity index is 743. The summed E-state index contributed by atoms with van der Waals surface area (Å²) in [6, 6.07) is 6.77. The molecule has 0 saturated carbocycles. The molecule has 21 heavy (non-hydrogen) atoms. The predicted octanol–water partition coefficient (Wildman–Crippen LogP) is 4.04. The van der Waals surface area contributed by atoms with E-state index < -0.39 is 0 Å². The number of imidazole rings is 1. The molecule has 3 nitrogen and oxygen atoms in total. The Morgan fingerprint density at radius 2 is 2.05 bits per heavy atom. The van der Waals surface area contributed by atoms with Crippen molar-refractivity contribution in [3.63, 3.8) is 0 Å². The second-order valence-corrected chi connectivity index (χ2v) is 6.43. The van der Waals surface area contributed by atoms with E-state index in [2.05, 4.69) is 59.3 Å². The van der Waals surface area contributed by atoms with Gasteiger partial charge in [0.05, 0.1) is 23.4 Å². The number of hydrogen-bond donors (Lipinski definition) is 1. The van der Waals surface area contributed by atoms with Crippen molar-refractivity contribution in [3.05, 3.63) is 52.0 Å². The predicted molar refractivity (Wildman–Crippen MR) is 89.9 cm³/mol. The van der Waals surface area contributed by atoms with Crippen molar-refractivity contribution >= 4 is 22.4 Å². The zero-order valence-electron chi connectivity index (χ0n) is 12.7. The van der Waals surface area contributed by atoms with E-state index in [0.717, 1.165) is 11.9 Å². The number of nitrogens with two attached hydrogens (primary N) is 1. The van der Waals surface area contributed by atoms with Crippen LogP contribution >= 0.6 is 11.3 Å². The van der Waals surface area contributed by atoms with Crippen LogP contribution in [0.1, 0.15) is 36.1 Å². The normalized spacial score (nSPS) is 14.5. The molecule has 2 N–H and O–H groups in total. The molecule has 2 heterocycles. The molecule has 0 aliphatic carbocycles. The Labute approximate surface area is 129 Å². The highest BCUT2D eigenvalue weighted by molar-refractivity contribution is 7.08. The Morgan fingerprint density at radius 1 is 1.29 bits per heavy atom. The van der Waals surface area contributed by atoms with Crippen LogP contribution < -0.4 is 5.73 Å². The monoisotopic (exact) mass is 299 g/mol. The minimum Gasteiger partial charge on any atom is -0.326 e. The van der Waals surface area contributed by atoms with E-state index >= 15 is 0 Å². The summed E-state index contributed by atoms with van der Waals surface area (Å²) in [6.07, 6.45) is 2.87. The molecule has 1 aromatic carbocycles. The Hall–Kier alpha value is -1.65. The molecule has 2 aromatic heterocycles. The third-order valence-electron chi connectivity index (χ3n) is 4.25. The van der Waals surface area contributed by atoms with Crippen molar-refractivity contribution in [1.82, 2.24) is 9.55 Å². The van der Waals surface area contributed by atoms with Crippen LogP contribution in [0, 0.1) is 13.8 Å². The van der Waals surface area contributed by atoms with Crippen molar-refractivity contribution < 1.29 is 0 Å². The third-order valence-corrected chi connectivity index (χ3v) is 4.95. The zero-order chi connectivity index (χ0) is 15.0. The summed E-state index contributed by atoms with van der Waals surface area (Å²) in [5, 5.41) is 4.30. The maximum Gasteiger partial charge on any atom is 0.0964 e. The summed E-state index contributed by atoms with van der Waals surface area (Å²) in [6.45, 7) is 6.41. The summed E-state index contributed by atoms with van der Waals surface area (Å²) in [4.78, 5) is 4.58. The molecule has 3 rings (SSSR count). The van der Waals surface area contributed by atoms with Gasteiger partial charge in [-0.2, -0.15) is 11.3 Å². The second-order valence-electron chi connectivity index (χ2n) is 5.65. The summed E-state index contributed by atoms with van der Waals surface area (Å²) in [5.74, 6) is 0. The average molecular weight is 299 g/mol. The Morgan fingerprint density at radius 3 is 2.71 bits per heavy atom. The maximum atomic E-state index is 6.41. The van der Waals surface area contributed by atoms with Gasteiger partial charge in [0.25, 0.3) is 0 Å². The topological polar surface area (TPSA) is 43.8 Å². The first kappa shape index (κ1) is 14.3. The van der Waals surface area contributed by atoms with Crippen molar-refractivity contribution in [2.24, 2.45) is 5.73 Å². The first-order valence-corrected chi connectivity index (χ1v) is 8.27. The van der Waals surface area contributed by atoms with Crippen molar-refractivity contribution in [2.45, 2.75) is 39.3 Å². The quantitative estimate of drug-likeness (QED) is 0.790. The number of hydrogen-bond acceptors (Lipinski definition) is 3. The van der Waals surface area contributed by atoms with E-state index in [1.54, 1.807) is 11.3 Å². The third kappa shape index (κ3) is 2.49. The largest absolute Gasteiger partial charge is 0.326 e. The number of rotatable bonds is 4. The van der Waals surface area contributed by atoms with Gasteiger partial charge in [-0.15, -0.1) is 0 Å². The van der Waals surface area contributed by atoms with Crippen LogP contribution in [0.25, 0.3) is 11.0 Å². The van der Waals surface area contributed by atoms with Crippen LogP contribution in [0.3, 0.4) is 0 Å². The van der Waals surface area contributed by atoms with Gasteiger partial charge in [-0.3, -0.25) is 0 Å². The number of nitrogens with zero attached hydrogens (tertiary/aromatic N) is 2. The van der Waals surface area contributed by atoms with Crippen molar-refractivity contribution in [2.75, 3.05) is 0 Å². The highest BCUT2D eigenvalue weighted by Crippen LogP contribution is 2.29. The molecule has 4 heteroatoms. The van der Waals surface area contributed by atoms with Gasteiger partial charge < -0.3 is 10.3 Å². The zero-order valence-corrected chi connectivity index (χ0v) is 13.5. The Balaban J connectivity index is 2.18. The minimum absolute atomic E-state index is 0.0820. The molecule has 2 atom stereocenters. The fourth-order valence-electron chi connectivity index (χ4n) is 2.78. The van der Waals surface area contributed by atoms with E-state index in [0.29, 0.717) is 0 Å². The molecular weight excluding hydrogens is 278 g/mol. The summed E-state index contributed by atoms with van der Waals surface area (Å²) >= 11 is 1.71. The van der Waals surface area contributed by atoms with Gasteiger partial charge in [0.15, 0.2) is 0 Å². The molecular formula is C17H21N3S. The number of fused-ring (bicyclic) bond motifs is 1. The van der Waals surface area contributed by atoms with Gasteiger partial charge in [-0.05, 0) is 65.9 Å². The van der Waals surface area contributed by atoms with Crippen LogP contribution in [0.4, 0.5) is 0 Å². The lowest BCUT2D eigenvalue weighted by atomic mass is 10.00. The SMILES string of the molecule is CCC(N)C(c1ccsc1)n1cnc2cc(C)c(C)cc21. The summed E-state index contributed by atoms with van der Waals surface area (Å²) in [5.41, 5.74) is 12.5. The van der Waals surface area contributed by atoms with E-state index in [1.807, 2.05) is 6.33 Å². The fraction of sp³-hybridized carbons (Fsp3) is 0.353. The van der Waals surface area contributed by atoms with E-state index in [1.165, 1.54) is 22.2 Å². The lowest BCUT2D eigenvalue weighted by Gasteiger charge is -2.24. The van der Waals surface area contributed by atoms with Gasteiger partial charge in [0, 0.05) is 6.04 Å². The highest BCUT2D eigenvalue weighted by atomic mass is 32.1. The summed E-state index contributed by atoms with van der Waals surface area (Å²) in [7, 11) is 0. The molecule has 2 unspecified atom stereocenters. The standard InChI is InChI=1S/C17H21N3S/c1-4-14(18)17(13-5-6-21-9-13)20-10-19-15-7-11(2)12(3)8-16(15)20/h5-10,14,17H,4,18H2,1-3H3. The maximum absolute atomic E-state index is 6.41. The van der Waals surface area contributed by atoms with E-state index in [4.69, 9.17) is 5.73 Å². The molecule has 0 bridgehead atoms. The molecule has 0 saturated heterocycles. The van der Waals surface area contributed by atoms with Crippen LogP contribution in [-0.4, -0.2) is 15.6 Å². The number of aromatic nitrogens is 2. The highest BCUT2D eigenvalue weighted by Gasteiger charge is 2.22. The molecule has 0 aliphatic heterocycles. The Kier molecular flexibility index (Phi) is 3.83. The van der Waals surface area contributed by atoms with Crippen LogP contribution in [0.2, 0.25) is 0 Å². The molecule has 110 valence electrons. The van der Waals surface area contributed by atoms with Gasteiger partial charge in [0.1, 0.15) is 0 Å². The number of benzene rings is 1. The molecule has 0 aliphatic rings. The van der Waals surface area contributed by atoms with Crippen LogP contribution in [-0.2, 0) is 0 Å². The van der Waals surface area contributed by atoms with Gasteiger partial charge in [0.2, 0.25) is 0 Å². The minimum atomic E-state index is 0.0820. The van der Waals surface area contributed by atoms with Crippen molar-refractivity contribution in [1.29, 1.82) is 0 Å². The molecule has 0 radical (unpaired) electrons. The van der Waals surface area contributed by atoms with Crippen LogP contribution in [0.5, 0.6) is 0 Å². The first-order valence-electron chi connectivity index (χ1n) is 7.33. The molecule has 3 aromatic rings. The van der Waals surface area contributed by atoms with E-state index in [-0.39, 0.29) is 12.1 Å². The molecule has 0 fully saturated rings. The smallest absolute Gasteiger partial charge is 0.0964 e. The van der Waals surface area contributed by atoms with Gasteiger partial charge >= 0.3 is 0 Å². The fourth-order valence-corrected chi connectivity index (χ4v) is 3.47. The lowest BCUT2D eigenvalue weighted by Crippen LogP contribution is -2.32. The van der Waals surface area contributed by atoms with Crippen molar-refractivity contribution in [3.8, 4) is 0 Å². The molecule has 0 amide bonds. The lowest BCUT2D eigenvalue weighted by molar-refractivity contribution is 0.468. The second kappa shape index (κ2) is 5.62.